The van der Waals surface area contributed by atoms with Crippen LogP contribution in [0.25, 0.3) is 76.5 Å². The van der Waals surface area contributed by atoms with Gasteiger partial charge in [-0.2, -0.15) is 0 Å². The lowest BCUT2D eigenvalue weighted by molar-refractivity contribution is 0.669. The van der Waals surface area contributed by atoms with Crippen molar-refractivity contribution in [1.82, 2.24) is 0 Å². The van der Waals surface area contributed by atoms with Crippen molar-refractivity contribution in [2.45, 2.75) is 5.41 Å². The van der Waals surface area contributed by atoms with Crippen LogP contribution in [-0.2, 0) is 5.41 Å². The first-order valence-corrected chi connectivity index (χ1v) is 21.8. The van der Waals surface area contributed by atoms with Gasteiger partial charge in [0, 0.05) is 33.1 Å². The van der Waals surface area contributed by atoms with Gasteiger partial charge in [0.2, 0.25) is 0 Å². The fraction of sp³-hybridized carbons (Fsp3) is 0.0164. The first-order chi connectivity index (χ1) is 31.3. The van der Waals surface area contributed by atoms with Crippen LogP contribution in [-0.4, -0.2) is 0 Å². The minimum absolute atomic E-state index is 0.514. The average Bonchev–Trinajstić information content (AvgIpc) is 3.89. The Morgan fingerprint density at radius 3 is 1.67 bits per heavy atom. The fourth-order valence-corrected chi connectivity index (χ4v) is 10.9. The van der Waals surface area contributed by atoms with Crippen LogP contribution in [0.5, 0.6) is 0 Å². The van der Waals surface area contributed by atoms with Crippen LogP contribution in [0, 0.1) is 0 Å². The van der Waals surface area contributed by atoms with Gasteiger partial charge in [-0.05, 0) is 120 Å². The molecule has 0 spiro atoms. The summed E-state index contributed by atoms with van der Waals surface area (Å²) in [6, 6.07) is 86.6. The molecule has 0 bridgehead atoms. The van der Waals surface area contributed by atoms with Crippen molar-refractivity contribution in [3.63, 3.8) is 0 Å². The van der Waals surface area contributed by atoms with Crippen molar-refractivity contribution in [2.24, 2.45) is 0 Å². The Labute approximate surface area is 365 Å². The van der Waals surface area contributed by atoms with E-state index in [1.165, 1.54) is 71.1 Å². The fourth-order valence-electron chi connectivity index (χ4n) is 10.9. The predicted octanol–water partition coefficient (Wildman–Crippen LogP) is 16.5. The van der Waals surface area contributed by atoms with E-state index in [1.54, 1.807) is 0 Å². The minimum Gasteiger partial charge on any atom is -0.456 e. The van der Waals surface area contributed by atoms with E-state index < -0.39 is 5.41 Å². The lowest BCUT2D eigenvalue weighted by Gasteiger charge is -2.35. The number of benzene rings is 11. The second kappa shape index (κ2) is 13.9. The third-order valence-corrected chi connectivity index (χ3v) is 13.5. The van der Waals surface area contributed by atoms with Crippen LogP contribution in [0.4, 0.5) is 17.1 Å². The third-order valence-electron chi connectivity index (χ3n) is 13.5. The summed E-state index contributed by atoms with van der Waals surface area (Å²) >= 11 is 0. The van der Waals surface area contributed by atoms with Gasteiger partial charge < -0.3 is 9.32 Å². The highest BCUT2D eigenvalue weighted by molar-refractivity contribution is 6.34. The largest absolute Gasteiger partial charge is 0.456 e. The van der Waals surface area contributed by atoms with Gasteiger partial charge in [-0.15, -0.1) is 0 Å². The summed E-state index contributed by atoms with van der Waals surface area (Å²) in [4.78, 5) is 2.45. The maximum Gasteiger partial charge on any atom is 0.136 e. The van der Waals surface area contributed by atoms with E-state index in [2.05, 4.69) is 235 Å². The molecule has 0 atom stereocenters. The zero-order chi connectivity index (χ0) is 41.5. The van der Waals surface area contributed by atoms with Crippen LogP contribution in [0.2, 0.25) is 0 Å². The zero-order valence-corrected chi connectivity index (χ0v) is 34.4. The Morgan fingerprint density at radius 2 is 0.889 bits per heavy atom. The molecular weight excluding hydrogens is 763 g/mol. The van der Waals surface area contributed by atoms with Crippen LogP contribution < -0.4 is 4.90 Å². The number of rotatable bonds is 6. The molecule has 1 aliphatic rings. The number of hydrogen-bond donors (Lipinski definition) is 0. The molecule has 1 heterocycles. The molecular formula is C61H39NO. The average molecular weight is 802 g/mol. The number of fused-ring (bicyclic) bond motifs is 13. The van der Waals surface area contributed by atoms with E-state index in [-0.39, 0.29) is 0 Å². The number of para-hydroxylation sites is 3. The van der Waals surface area contributed by atoms with Gasteiger partial charge in [0.15, 0.2) is 0 Å². The quantitative estimate of drug-likeness (QED) is 0.156. The molecule has 11 aromatic carbocycles. The molecule has 1 aromatic heterocycles. The van der Waals surface area contributed by atoms with Gasteiger partial charge in [-0.25, -0.2) is 0 Å². The molecule has 0 fully saturated rings. The molecule has 12 aromatic rings. The molecule has 63 heavy (non-hydrogen) atoms. The smallest absolute Gasteiger partial charge is 0.136 e. The van der Waals surface area contributed by atoms with Crippen molar-refractivity contribution in [2.75, 3.05) is 4.90 Å². The molecule has 294 valence electrons. The van der Waals surface area contributed by atoms with Gasteiger partial charge in [-0.3, -0.25) is 0 Å². The lowest BCUT2D eigenvalue weighted by atomic mass is 9.67. The maximum absolute atomic E-state index is 6.44. The highest BCUT2D eigenvalue weighted by Gasteiger charge is 2.46. The predicted molar refractivity (Wildman–Crippen MR) is 264 cm³/mol. The molecule has 0 radical (unpaired) electrons. The Morgan fingerprint density at radius 1 is 0.317 bits per heavy atom. The van der Waals surface area contributed by atoms with Crippen LogP contribution in [0.15, 0.2) is 241 Å². The molecule has 0 unspecified atom stereocenters. The zero-order valence-electron chi connectivity index (χ0n) is 34.4. The SMILES string of the molecule is c1ccc(N(c2ccc3c(c2)C(c2ccccc2)(c2ccccc2)c2ccccc2-3)c2ccccc2-c2ccc3c4ccccc4c4c(ccc5oc6ccccc6c54)c3c2)cc1. The first kappa shape index (κ1) is 35.5. The van der Waals surface area contributed by atoms with Crippen molar-refractivity contribution < 1.29 is 4.42 Å². The van der Waals surface area contributed by atoms with E-state index in [0.717, 1.165) is 44.7 Å². The van der Waals surface area contributed by atoms with E-state index in [0.29, 0.717) is 0 Å². The van der Waals surface area contributed by atoms with Crippen LogP contribution in [0.1, 0.15) is 22.3 Å². The van der Waals surface area contributed by atoms with Crippen LogP contribution in [0.3, 0.4) is 0 Å². The summed E-state index contributed by atoms with van der Waals surface area (Å²) < 4.78 is 6.44. The van der Waals surface area contributed by atoms with E-state index in [4.69, 9.17) is 4.42 Å². The van der Waals surface area contributed by atoms with Gasteiger partial charge in [0.1, 0.15) is 11.2 Å². The molecule has 0 aliphatic heterocycles. The Hall–Kier alpha value is -8.20. The lowest BCUT2D eigenvalue weighted by Crippen LogP contribution is -2.28. The molecule has 0 N–H and O–H groups in total. The van der Waals surface area contributed by atoms with Gasteiger partial charge >= 0.3 is 0 Å². The Balaban J connectivity index is 1.06. The highest BCUT2D eigenvalue weighted by atomic mass is 16.3. The van der Waals surface area contributed by atoms with E-state index in [1.807, 2.05) is 6.07 Å². The summed E-state index contributed by atoms with van der Waals surface area (Å²) in [7, 11) is 0. The summed E-state index contributed by atoms with van der Waals surface area (Å²) in [5, 5.41) is 9.70. The number of hydrogen-bond acceptors (Lipinski definition) is 2. The normalized spacial score (nSPS) is 12.9. The molecule has 0 saturated carbocycles. The van der Waals surface area contributed by atoms with E-state index in [9.17, 15) is 0 Å². The Bertz CT molecular complexity index is 3700. The summed E-state index contributed by atoms with van der Waals surface area (Å²) in [5.41, 5.74) is 14.5. The second-order valence-corrected chi connectivity index (χ2v) is 16.7. The van der Waals surface area contributed by atoms with Crippen LogP contribution >= 0.6 is 0 Å². The van der Waals surface area contributed by atoms with E-state index >= 15 is 0 Å². The standard InChI is InChI=1S/C61H39NO/c1-4-18-41(19-5-1)61(42-20-6-2-7-21-42)54-29-15-12-26-48(54)49-35-33-44(39-55(49)61)62(43-22-8-3-9-23-43)56-30-16-13-24-45(56)40-32-34-47-46-25-10-11-27-50(46)59-51(53(47)38-40)36-37-58-60(59)52-28-14-17-31-57(52)63-58/h1-39H. The molecule has 2 heteroatoms. The van der Waals surface area contributed by atoms with Crippen molar-refractivity contribution in [3.05, 3.63) is 259 Å². The van der Waals surface area contributed by atoms with Gasteiger partial charge in [0.25, 0.3) is 0 Å². The summed E-state index contributed by atoms with van der Waals surface area (Å²) in [5.74, 6) is 0. The topological polar surface area (TPSA) is 16.4 Å². The summed E-state index contributed by atoms with van der Waals surface area (Å²) in [6.45, 7) is 0. The number of nitrogens with zero attached hydrogens (tertiary/aromatic N) is 1. The maximum atomic E-state index is 6.44. The summed E-state index contributed by atoms with van der Waals surface area (Å²) in [6.07, 6.45) is 0. The van der Waals surface area contributed by atoms with Crippen molar-refractivity contribution in [3.8, 4) is 22.3 Å². The van der Waals surface area contributed by atoms with Crippen molar-refractivity contribution in [1.29, 1.82) is 0 Å². The monoisotopic (exact) mass is 801 g/mol. The second-order valence-electron chi connectivity index (χ2n) is 16.7. The first-order valence-electron chi connectivity index (χ1n) is 21.8. The minimum atomic E-state index is -0.514. The highest BCUT2D eigenvalue weighted by Crippen LogP contribution is 2.57. The number of furan rings is 1. The van der Waals surface area contributed by atoms with Gasteiger partial charge in [-0.1, -0.05) is 182 Å². The molecule has 2 nitrogen and oxygen atoms in total. The molecule has 0 saturated heterocycles. The van der Waals surface area contributed by atoms with Gasteiger partial charge in [0.05, 0.1) is 11.1 Å². The third kappa shape index (κ3) is 5.19. The Kier molecular flexibility index (Phi) is 7.85. The molecule has 1 aliphatic carbocycles. The molecule has 13 rings (SSSR count). The number of anilines is 3. The molecule has 0 amide bonds. The van der Waals surface area contributed by atoms with Crippen molar-refractivity contribution >= 4 is 71.3 Å².